The quantitative estimate of drug-likeness (QED) is 0.735. The van der Waals surface area contributed by atoms with E-state index in [9.17, 15) is 0 Å². The number of aromatic nitrogens is 1. The van der Waals surface area contributed by atoms with Crippen LogP contribution < -0.4 is 5.32 Å². The van der Waals surface area contributed by atoms with E-state index >= 15 is 0 Å². The molecule has 0 aliphatic carbocycles. The second-order valence-corrected chi connectivity index (χ2v) is 6.08. The summed E-state index contributed by atoms with van der Waals surface area (Å²) in [6.45, 7) is 4.97. The molecule has 0 radical (unpaired) electrons. The Hall–Kier alpha value is -2.63. The number of hydrogen-bond acceptors (Lipinski definition) is 2. The predicted octanol–water partition coefficient (Wildman–Crippen LogP) is 4.15. The van der Waals surface area contributed by atoms with E-state index < -0.39 is 0 Å². The van der Waals surface area contributed by atoms with Gasteiger partial charge in [0, 0.05) is 23.7 Å². The monoisotopic (exact) mass is 300 g/mol. The molecule has 2 nitrogen and oxygen atoms in total. The van der Waals surface area contributed by atoms with Crippen LogP contribution in [0.3, 0.4) is 0 Å². The number of hydrogen-bond donors (Lipinski definition) is 1. The molecular formula is C21H20N2. The molecule has 114 valence electrons. The van der Waals surface area contributed by atoms with Crippen LogP contribution >= 0.6 is 0 Å². The van der Waals surface area contributed by atoms with Crippen molar-refractivity contribution in [1.29, 1.82) is 0 Å². The molecule has 0 aliphatic rings. The average molecular weight is 300 g/mol. The molecule has 0 saturated carbocycles. The Balaban J connectivity index is 1.75. The molecule has 3 aromatic rings. The van der Waals surface area contributed by atoms with Crippen molar-refractivity contribution in [2.24, 2.45) is 0 Å². The summed E-state index contributed by atoms with van der Waals surface area (Å²) < 4.78 is 0. The molecule has 0 amide bonds. The molecule has 0 bridgehead atoms. The SMILES string of the molecule is CC(C)(C#Cc1ccccc1)NCc1cccc2ncccc12. The molecule has 0 atom stereocenters. The smallest absolute Gasteiger partial charge is 0.0750 e. The van der Waals surface area contributed by atoms with Gasteiger partial charge in [0.2, 0.25) is 0 Å². The van der Waals surface area contributed by atoms with Gasteiger partial charge in [-0.2, -0.15) is 0 Å². The largest absolute Gasteiger partial charge is 0.297 e. The highest BCUT2D eigenvalue weighted by atomic mass is 14.9. The Morgan fingerprint density at radius 2 is 1.78 bits per heavy atom. The van der Waals surface area contributed by atoms with Crippen molar-refractivity contribution < 1.29 is 0 Å². The van der Waals surface area contributed by atoms with E-state index in [0.717, 1.165) is 17.6 Å². The number of nitrogens with zero attached hydrogens (tertiary/aromatic N) is 1. The maximum Gasteiger partial charge on any atom is 0.0750 e. The third kappa shape index (κ3) is 3.97. The highest BCUT2D eigenvalue weighted by Crippen LogP contribution is 2.17. The number of rotatable bonds is 3. The average Bonchev–Trinajstić information content (AvgIpc) is 2.59. The van der Waals surface area contributed by atoms with Gasteiger partial charge in [-0.15, -0.1) is 0 Å². The van der Waals surface area contributed by atoms with E-state index in [-0.39, 0.29) is 5.54 Å². The first-order chi connectivity index (χ1) is 11.1. The molecule has 2 heteroatoms. The summed E-state index contributed by atoms with van der Waals surface area (Å²) in [5.74, 6) is 6.55. The van der Waals surface area contributed by atoms with Crippen LogP contribution in [0.4, 0.5) is 0 Å². The fraction of sp³-hybridized carbons (Fsp3) is 0.190. The third-order valence-corrected chi connectivity index (χ3v) is 3.75. The Morgan fingerprint density at radius 3 is 2.61 bits per heavy atom. The molecule has 0 unspecified atom stereocenters. The van der Waals surface area contributed by atoms with Gasteiger partial charge in [0.15, 0.2) is 0 Å². The normalized spacial score (nSPS) is 11.0. The lowest BCUT2D eigenvalue weighted by Gasteiger charge is -2.20. The van der Waals surface area contributed by atoms with Crippen molar-refractivity contribution >= 4 is 10.9 Å². The van der Waals surface area contributed by atoms with E-state index in [4.69, 9.17) is 0 Å². The number of benzene rings is 2. The molecule has 1 aromatic heterocycles. The predicted molar refractivity (Wildman–Crippen MR) is 96.0 cm³/mol. The lowest BCUT2D eigenvalue weighted by molar-refractivity contribution is 0.492. The van der Waals surface area contributed by atoms with Gasteiger partial charge < -0.3 is 0 Å². The van der Waals surface area contributed by atoms with Gasteiger partial charge in [-0.1, -0.05) is 48.2 Å². The Labute approximate surface area is 137 Å². The van der Waals surface area contributed by atoms with Crippen molar-refractivity contribution in [3.05, 3.63) is 78.0 Å². The standard InChI is InChI=1S/C21H20N2/c1-21(2,14-13-17-8-4-3-5-9-17)23-16-18-10-6-12-20-19(18)11-7-15-22-20/h3-12,15,23H,16H2,1-2H3. The van der Waals surface area contributed by atoms with Crippen LogP contribution in [0.1, 0.15) is 25.0 Å². The Kier molecular flexibility index (Phi) is 4.41. The number of fused-ring (bicyclic) bond motifs is 1. The van der Waals surface area contributed by atoms with Gasteiger partial charge in [0.05, 0.1) is 11.1 Å². The maximum absolute atomic E-state index is 4.41. The zero-order chi connectivity index (χ0) is 16.1. The summed E-state index contributed by atoms with van der Waals surface area (Å²) in [7, 11) is 0. The number of nitrogens with one attached hydrogen (secondary N) is 1. The molecule has 0 aliphatic heterocycles. The minimum atomic E-state index is -0.264. The molecular weight excluding hydrogens is 280 g/mol. The fourth-order valence-electron chi connectivity index (χ4n) is 2.43. The minimum absolute atomic E-state index is 0.264. The van der Waals surface area contributed by atoms with Crippen molar-refractivity contribution in [2.45, 2.75) is 25.9 Å². The molecule has 2 aromatic carbocycles. The third-order valence-electron chi connectivity index (χ3n) is 3.75. The zero-order valence-electron chi connectivity index (χ0n) is 13.5. The van der Waals surface area contributed by atoms with Crippen LogP contribution in [0.2, 0.25) is 0 Å². The van der Waals surface area contributed by atoms with Crippen molar-refractivity contribution in [3.8, 4) is 11.8 Å². The summed E-state index contributed by atoms with van der Waals surface area (Å²) in [6.07, 6.45) is 1.83. The van der Waals surface area contributed by atoms with E-state index in [2.05, 4.69) is 54.2 Å². The van der Waals surface area contributed by atoms with Gasteiger partial charge in [0.25, 0.3) is 0 Å². The first-order valence-electron chi connectivity index (χ1n) is 7.80. The topological polar surface area (TPSA) is 24.9 Å². The maximum atomic E-state index is 4.41. The van der Waals surface area contributed by atoms with E-state index in [1.54, 1.807) is 0 Å². The Bertz CT molecular complexity index is 850. The Morgan fingerprint density at radius 1 is 0.957 bits per heavy atom. The van der Waals surface area contributed by atoms with E-state index in [1.165, 1.54) is 10.9 Å². The van der Waals surface area contributed by atoms with Crippen LogP contribution in [-0.2, 0) is 6.54 Å². The summed E-state index contributed by atoms with van der Waals surface area (Å²) in [6, 6.07) is 20.4. The van der Waals surface area contributed by atoms with Crippen LogP contribution in [0.25, 0.3) is 10.9 Å². The van der Waals surface area contributed by atoms with Crippen molar-refractivity contribution in [2.75, 3.05) is 0 Å². The molecule has 0 fully saturated rings. The van der Waals surface area contributed by atoms with Gasteiger partial charge in [-0.05, 0) is 43.7 Å². The van der Waals surface area contributed by atoms with E-state index in [0.29, 0.717) is 0 Å². The van der Waals surface area contributed by atoms with Crippen LogP contribution in [-0.4, -0.2) is 10.5 Å². The molecule has 0 spiro atoms. The van der Waals surface area contributed by atoms with Gasteiger partial charge >= 0.3 is 0 Å². The number of pyridine rings is 1. The first kappa shape index (κ1) is 15.3. The van der Waals surface area contributed by atoms with Gasteiger partial charge in [-0.3, -0.25) is 10.3 Å². The summed E-state index contributed by atoms with van der Waals surface area (Å²) >= 11 is 0. The summed E-state index contributed by atoms with van der Waals surface area (Å²) in [5, 5.41) is 4.73. The van der Waals surface area contributed by atoms with E-state index in [1.807, 2.05) is 48.7 Å². The van der Waals surface area contributed by atoms with Crippen molar-refractivity contribution in [3.63, 3.8) is 0 Å². The van der Waals surface area contributed by atoms with Crippen LogP contribution in [0.15, 0.2) is 66.9 Å². The van der Waals surface area contributed by atoms with Gasteiger partial charge in [-0.25, -0.2) is 0 Å². The molecule has 3 rings (SSSR count). The molecule has 1 N–H and O–H groups in total. The highest BCUT2D eigenvalue weighted by molar-refractivity contribution is 5.81. The minimum Gasteiger partial charge on any atom is -0.297 e. The van der Waals surface area contributed by atoms with Crippen molar-refractivity contribution in [1.82, 2.24) is 10.3 Å². The molecule has 0 saturated heterocycles. The highest BCUT2D eigenvalue weighted by Gasteiger charge is 2.13. The lowest BCUT2D eigenvalue weighted by Crippen LogP contribution is -2.37. The zero-order valence-corrected chi connectivity index (χ0v) is 13.5. The fourth-order valence-corrected chi connectivity index (χ4v) is 2.43. The van der Waals surface area contributed by atoms with Gasteiger partial charge in [0.1, 0.15) is 0 Å². The first-order valence-corrected chi connectivity index (χ1v) is 7.80. The second kappa shape index (κ2) is 6.64. The summed E-state index contributed by atoms with van der Waals surface area (Å²) in [5.41, 5.74) is 3.04. The second-order valence-electron chi connectivity index (χ2n) is 6.08. The van der Waals surface area contributed by atoms with Crippen LogP contribution in [0.5, 0.6) is 0 Å². The molecule has 1 heterocycles. The molecule has 23 heavy (non-hydrogen) atoms. The summed E-state index contributed by atoms with van der Waals surface area (Å²) in [4.78, 5) is 4.41. The lowest BCUT2D eigenvalue weighted by atomic mass is 10.0. The van der Waals surface area contributed by atoms with Crippen LogP contribution in [0, 0.1) is 11.8 Å².